The van der Waals surface area contributed by atoms with Crippen LogP contribution < -0.4 is 10.9 Å². The normalized spacial score (nSPS) is 18.4. The molecule has 0 unspecified atom stereocenters. The molecular formula is C21H28BrN3O3. The number of carbonyl (C=O) groups excluding carboxylic acids is 1. The predicted octanol–water partition coefficient (Wildman–Crippen LogP) is 2.72. The van der Waals surface area contributed by atoms with E-state index in [1.54, 1.807) is 0 Å². The van der Waals surface area contributed by atoms with Gasteiger partial charge in [0.05, 0.1) is 19.3 Å². The summed E-state index contributed by atoms with van der Waals surface area (Å²) in [6.07, 6.45) is 1.82. The van der Waals surface area contributed by atoms with Crippen molar-refractivity contribution in [2.24, 2.45) is 0 Å². The molecule has 0 spiro atoms. The van der Waals surface area contributed by atoms with Gasteiger partial charge in [0, 0.05) is 29.1 Å². The number of ether oxygens (including phenoxy) is 1. The minimum absolute atomic E-state index is 0.00713. The molecule has 2 aromatic rings. The van der Waals surface area contributed by atoms with Gasteiger partial charge in [-0.1, -0.05) is 36.7 Å². The highest BCUT2D eigenvalue weighted by molar-refractivity contribution is 9.10. The first-order valence-electron chi connectivity index (χ1n) is 9.81. The number of benzene rings is 1. The standard InChI is InChI=1S/C21H28BrN3O3/c1-4-24-7-8-28-13-16(10-24)23-20(26)12-25-11-19(14(2)3)18-9-15(22)5-6-17(18)21(25)27/h5-6,9,11,14,16H,4,7-8,10,12-13H2,1-3H3,(H,23,26)/t16-/m1/s1. The van der Waals surface area contributed by atoms with Crippen molar-refractivity contribution >= 4 is 32.6 Å². The van der Waals surface area contributed by atoms with Gasteiger partial charge in [-0.25, -0.2) is 0 Å². The van der Waals surface area contributed by atoms with E-state index in [0.29, 0.717) is 18.6 Å². The largest absolute Gasteiger partial charge is 0.378 e. The van der Waals surface area contributed by atoms with Crippen molar-refractivity contribution in [1.29, 1.82) is 0 Å². The van der Waals surface area contributed by atoms with Crippen LogP contribution in [0, 0.1) is 0 Å². The highest BCUT2D eigenvalue weighted by Crippen LogP contribution is 2.26. The lowest BCUT2D eigenvalue weighted by atomic mass is 9.98. The number of fused-ring (bicyclic) bond motifs is 1. The summed E-state index contributed by atoms with van der Waals surface area (Å²) in [5, 5.41) is 4.60. The predicted molar refractivity (Wildman–Crippen MR) is 115 cm³/mol. The topological polar surface area (TPSA) is 63.6 Å². The zero-order chi connectivity index (χ0) is 20.3. The molecule has 0 bridgehead atoms. The number of amides is 1. The number of likely N-dealkylation sites (N-methyl/N-ethyl adjacent to an activating group) is 1. The molecule has 1 aliphatic rings. The number of halogens is 1. The Morgan fingerprint density at radius 1 is 1.36 bits per heavy atom. The number of pyridine rings is 1. The summed E-state index contributed by atoms with van der Waals surface area (Å²) in [5.41, 5.74) is 0.910. The van der Waals surface area contributed by atoms with E-state index in [2.05, 4.69) is 46.9 Å². The molecule has 0 radical (unpaired) electrons. The van der Waals surface area contributed by atoms with Crippen LogP contribution in [0.15, 0.2) is 33.7 Å². The Hall–Kier alpha value is -1.70. The maximum Gasteiger partial charge on any atom is 0.258 e. The van der Waals surface area contributed by atoms with Crippen molar-refractivity contribution in [3.63, 3.8) is 0 Å². The third-order valence-electron chi connectivity index (χ3n) is 5.18. The van der Waals surface area contributed by atoms with E-state index >= 15 is 0 Å². The summed E-state index contributed by atoms with van der Waals surface area (Å²) in [7, 11) is 0. The second-order valence-corrected chi connectivity index (χ2v) is 8.51. The molecule has 152 valence electrons. The molecule has 28 heavy (non-hydrogen) atoms. The van der Waals surface area contributed by atoms with Crippen molar-refractivity contribution in [2.75, 3.05) is 32.8 Å². The molecule has 3 rings (SSSR count). The summed E-state index contributed by atoms with van der Waals surface area (Å²) >= 11 is 3.48. The molecule has 6 nitrogen and oxygen atoms in total. The van der Waals surface area contributed by atoms with Gasteiger partial charge in [0.15, 0.2) is 0 Å². The SMILES string of the molecule is CCN1CCOC[C@H](NC(=O)Cn2cc(C(C)C)c3cc(Br)ccc3c2=O)C1. The monoisotopic (exact) mass is 449 g/mol. The van der Waals surface area contributed by atoms with Gasteiger partial charge in [-0.2, -0.15) is 0 Å². The van der Waals surface area contributed by atoms with Crippen molar-refractivity contribution in [3.8, 4) is 0 Å². The van der Waals surface area contributed by atoms with Crippen molar-refractivity contribution in [2.45, 2.75) is 39.3 Å². The van der Waals surface area contributed by atoms with Gasteiger partial charge in [0.2, 0.25) is 5.91 Å². The van der Waals surface area contributed by atoms with Crippen LogP contribution >= 0.6 is 15.9 Å². The van der Waals surface area contributed by atoms with Crippen LogP contribution in [0.1, 0.15) is 32.3 Å². The number of rotatable bonds is 5. The van der Waals surface area contributed by atoms with Gasteiger partial charge in [0.25, 0.3) is 5.56 Å². The zero-order valence-electron chi connectivity index (χ0n) is 16.7. The third-order valence-corrected chi connectivity index (χ3v) is 5.67. The van der Waals surface area contributed by atoms with E-state index in [-0.39, 0.29) is 30.0 Å². The van der Waals surface area contributed by atoms with E-state index < -0.39 is 0 Å². The molecule has 1 amide bonds. The van der Waals surface area contributed by atoms with Gasteiger partial charge < -0.3 is 14.6 Å². The Labute approximate surface area is 174 Å². The zero-order valence-corrected chi connectivity index (χ0v) is 18.3. The average Bonchev–Trinajstić information content (AvgIpc) is 2.88. The molecule has 7 heteroatoms. The van der Waals surface area contributed by atoms with Crippen molar-refractivity contribution in [3.05, 3.63) is 44.8 Å². The molecule has 0 aliphatic carbocycles. The molecule has 1 fully saturated rings. The molecule has 1 atom stereocenters. The lowest BCUT2D eigenvalue weighted by Crippen LogP contribution is -2.46. The summed E-state index contributed by atoms with van der Waals surface area (Å²) < 4.78 is 8.06. The number of hydrogen-bond donors (Lipinski definition) is 1. The number of aromatic nitrogens is 1. The summed E-state index contributed by atoms with van der Waals surface area (Å²) in [6, 6.07) is 5.59. The Morgan fingerprint density at radius 3 is 2.86 bits per heavy atom. The molecule has 1 aromatic carbocycles. The summed E-state index contributed by atoms with van der Waals surface area (Å²) in [5.74, 6) is 0.0694. The van der Waals surface area contributed by atoms with Crippen LogP contribution in [0.4, 0.5) is 0 Å². The molecule has 0 saturated carbocycles. The maximum atomic E-state index is 12.9. The Morgan fingerprint density at radius 2 is 2.14 bits per heavy atom. The molecule has 1 aliphatic heterocycles. The molecule has 1 N–H and O–H groups in total. The second-order valence-electron chi connectivity index (χ2n) is 7.59. The minimum Gasteiger partial charge on any atom is -0.378 e. The fraction of sp³-hybridized carbons (Fsp3) is 0.524. The van der Waals surface area contributed by atoms with Crippen LogP contribution in [0.2, 0.25) is 0 Å². The number of nitrogens with one attached hydrogen (secondary N) is 1. The minimum atomic E-state index is -0.167. The fourth-order valence-corrected chi connectivity index (χ4v) is 4.01. The number of hydrogen-bond acceptors (Lipinski definition) is 4. The molecule has 1 aromatic heterocycles. The Bertz CT molecular complexity index is 910. The van der Waals surface area contributed by atoms with E-state index in [0.717, 1.165) is 35.1 Å². The quantitative estimate of drug-likeness (QED) is 0.761. The first kappa shape index (κ1) is 21.0. The summed E-state index contributed by atoms with van der Waals surface area (Å²) in [6.45, 7) is 10.0. The Kier molecular flexibility index (Phi) is 6.91. The maximum absolute atomic E-state index is 12.9. The fourth-order valence-electron chi connectivity index (χ4n) is 3.65. The van der Waals surface area contributed by atoms with Crippen LogP contribution in [-0.4, -0.2) is 54.3 Å². The lowest BCUT2D eigenvalue weighted by Gasteiger charge is -2.23. The van der Waals surface area contributed by atoms with Crippen LogP contribution in [0.3, 0.4) is 0 Å². The lowest BCUT2D eigenvalue weighted by molar-refractivity contribution is -0.122. The van der Waals surface area contributed by atoms with Crippen LogP contribution in [0.5, 0.6) is 0 Å². The van der Waals surface area contributed by atoms with Crippen molar-refractivity contribution < 1.29 is 9.53 Å². The van der Waals surface area contributed by atoms with E-state index in [1.165, 1.54) is 4.57 Å². The first-order chi connectivity index (χ1) is 13.4. The average molecular weight is 450 g/mol. The number of nitrogens with zero attached hydrogens (tertiary/aromatic N) is 2. The smallest absolute Gasteiger partial charge is 0.258 e. The van der Waals surface area contributed by atoms with E-state index in [1.807, 2.05) is 24.4 Å². The van der Waals surface area contributed by atoms with Gasteiger partial charge in [0.1, 0.15) is 6.54 Å². The van der Waals surface area contributed by atoms with E-state index in [4.69, 9.17) is 4.74 Å². The molecular weight excluding hydrogens is 422 g/mol. The highest BCUT2D eigenvalue weighted by Gasteiger charge is 2.20. The molecule has 2 heterocycles. The van der Waals surface area contributed by atoms with Crippen LogP contribution in [0.25, 0.3) is 10.8 Å². The van der Waals surface area contributed by atoms with Gasteiger partial charge in [-0.3, -0.25) is 14.5 Å². The van der Waals surface area contributed by atoms with Crippen LogP contribution in [-0.2, 0) is 16.1 Å². The van der Waals surface area contributed by atoms with Gasteiger partial charge in [-0.15, -0.1) is 0 Å². The highest BCUT2D eigenvalue weighted by atomic mass is 79.9. The van der Waals surface area contributed by atoms with Gasteiger partial charge >= 0.3 is 0 Å². The van der Waals surface area contributed by atoms with Gasteiger partial charge in [-0.05, 0) is 41.6 Å². The molecule has 1 saturated heterocycles. The second kappa shape index (κ2) is 9.20. The Balaban J connectivity index is 1.83. The number of carbonyl (C=O) groups is 1. The summed E-state index contributed by atoms with van der Waals surface area (Å²) in [4.78, 5) is 27.8. The van der Waals surface area contributed by atoms with Crippen molar-refractivity contribution in [1.82, 2.24) is 14.8 Å². The van der Waals surface area contributed by atoms with E-state index in [9.17, 15) is 9.59 Å². The first-order valence-corrected chi connectivity index (χ1v) is 10.6. The third kappa shape index (κ3) is 4.82.